The molecule has 3 rings (SSSR count). The molecule has 24 heavy (non-hydrogen) atoms. The summed E-state index contributed by atoms with van der Waals surface area (Å²) in [6, 6.07) is 10.9. The monoisotopic (exact) mass is 327 g/mol. The third kappa shape index (κ3) is 2.36. The molecule has 1 aliphatic heterocycles. The van der Waals surface area contributed by atoms with Gasteiger partial charge in [-0.25, -0.2) is 4.79 Å². The summed E-state index contributed by atoms with van der Waals surface area (Å²) >= 11 is 0. The van der Waals surface area contributed by atoms with Crippen molar-refractivity contribution in [3.63, 3.8) is 0 Å². The molecule has 0 bridgehead atoms. The molecule has 2 aromatic carbocycles. The topological polar surface area (TPSA) is 82.1 Å². The summed E-state index contributed by atoms with van der Waals surface area (Å²) in [5, 5.41) is 0.450. The summed E-state index contributed by atoms with van der Waals surface area (Å²) in [4.78, 5) is 41.8. The molecule has 1 aliphatic rings. The number of carbonyl (C=O) groups excluding carboxylic acids is 3. The number of hydrogen-bond acceptors (Lipinski definition) is 6. The van der Waals surface area contributed by atoms with E-state index in [1.54, 1.807) is 24.3 Å². The second-order valence-electron chi connectivity index (χ2n) is 4.87. The highest BCUT2D eigenvalue weighted by atomic mass is 16.7. The number of nitrogens with zero attached hydrogens (tertiary/aromatic N) is 1. The van der Waals surface area contributed by atoms with E-state index in [4.69, 9.17) is 14.3 Å². The number of carbonyl (C=O) groups is 3. The molecule has 0 N–H and O–H groups in total. The first-order valence-corrected chi connectivity index (χ1v) is 6.99. The summed E-state index contributed by atoms with van der Waals surface area (Å²) in [7, 11) is 2.80. The van der Waals surface area contributed by atoms with Crippen LogP contribution in [0.15, 0.2) is 42.5 Å². The first-order valence-electron chi connectivity index (χ1n) is 6.99. The largest absolute Gasteiger partial charge is 0.493 e. The summed E-state index contributed by atoms with van der Waals surface area (Å²) in [5.41, 5.74) is 0.411. The Balaban J connectivity index is 1.90. The Hall–Kier alpha value is -3.35. The van der Waals surface area contributed by atoms with Crippen LogP contribution in [0, 0.1) is 0 Å². The van der Waals surface area contributed by atoms with Crippen molar-refractivity contribution in [3.8, 4) is 11.5 Å². The summed E-state index contributed by atoms with van der Waals surface area (Å²) in [6.07, 6.45) is 0. The Morgan fingerprint density at radius 2 is 1.50 bits per heavy atom. The number of ether oxygens (including phenoxy) is 2. The highest BCUT2D eigenvalue weighted by molar-refractivity contribution is 6.21. The molecule has 0 saturated carbocycles. The third-order valence-corrected chi connectivity index (χ3v) is 3.55. The Morgan fingerprint density at radius 3 is 2.04 bits per heavy atom. The molecule has 0 atom stereocenters. The number of methoxy groups -OCH3 is 2. The number of hydrogen-bond donors (Lipinski definition) is 0. The number of amides is 2. The fraction of sp³-hybridized carbons (Fsp3) is 0.118. The summed E-state index contributed by atoms with van der Waals surface area (Å²) in [6.45, 7) is 0. The fourth-order valence-corrected chi connectivity index (χ4v) is 2.43. The zero-order valence-electron chi connectivity index (χ0n) is 12.9. The van der Waals surface area contributed by atoms with E-state index in [0.29, 0.717) is 10.8 Å². The zero-order chi connectivity index (χ0) is 17.3. The van der Waals surface area contributed by atoms with E-state index >= 15 is 0 Å². The maximum absolute atomic E-state index is 12.4. The maximum Gasteiger partial charge on any atom is 0.367 e. The fourth-order valence-electron chi connectivity index (χ4n) is 2.43. The quantitative estimate of drug-likeness (QED) is 0.800. The van der Waals surface area contributed by atoms with Crippen molar-refractivity contribution in [1.29, 1.82) is 0 Å². The van der Waals surface area contributed by atoms with Crippen LogP contribution < -0.4 is 9.47 Å². The van der Waals surface area contributed by atoms with Crippen molar-refractivity contribution >= 4 is 17.8 Å². The molecular formula is C17H13NO6. The van der Waals surface area contributed by atoms with Crippen molar-refractivity contribution in [2.24, 2.45) is 0 Å². The van der Waals surface area contributed by atoms with Crippen LogP contribution in [0.5, 0.6) is 11.5 Å². The highest BCUT2D eigenvalue weighted by Crippen LogP contribution is 2.32. The van der Waals surface area contributed by atoms with E-state index in [2.05, 4.69) is 0 Å². The minimum absolute atomic E-state index is 0.0356. The predicted molar refractivity (Wildman–Crippen MR) is 81.9 cm³/mol. The SMILES string of the molecule is COc1cccc(C(=O)ON2C(=O)c3ccccc3C2=O)c1OC. The van der Waals surface area contributed by atoms with Gasteiger partial charge in [-0.05, 0) is 24.3 Å². The van der Waals surface area contributed by atoms with E-state index in [1.807, 2.05) is 0 Å². The predicted octanol–water partition coefficient (Wildman–Crippen LogP) is 2.07. The molecule has 0 aromatic heterocycles. The molecule has 1 heterocycles. The standard InChI is InChI=1S/C17H13NO6/c1-22-13-9-5-8-12(14(13)23-2)17(21)24-18-15(19)10-6-3-4-7-11(10)16(18)20/h3-9H,1-2H3. The molecule has 0 aliphatic carbocycles. The molecule has 7 heteroatoms. The van der Waals surface area contributed by atoms with E-state index in [1.165, 1.54) is 32.4 Å². The minimum atomic E-state index is -0.903. The molecule has 0 fully saturated rings. The molecule has 0 saturated heterocycles. The van der Waals surface area contributed by atoms with Crippen LogP contribution in [-0.4, -0.2) is 37.1 Å². The zero-order valence-corrected chi connectivity index (χ0v) is 12.9. The van der Waals surface area contributed by atoms with Crippen LogP contribution in [0.25, 0.3) is 0 Å². The Bertz CT molecular complexity index is 810. The highest BCUT2D eigenvalue weighted by Gasteiger charge is 2.39. The van der Waals surface area contributed by atoms with Crippen molar-refractivity contribution in [2.75, 3.05) is 14.2 Å². The van der Waals surface area contributed by atoms with Gasteiger partial charge in [0.05, 0.1) is 25.3 Å². The lowest BCUT2D eigenvalue weighted by Gasteiger charge is -2.15. The van der Waals surface area contributed by atoms with Gasteiger partial charge in [0.25, 0.3) is 11.8 Å². The third-order valence-electron chi connectivity index (χ3n) is 3.55. The van der Waals surface area contributed by atoms with Gasteiger partial charge in [0.2, 0.25) is 0 Å². The normalized spacial score (nSPS) is 12.8. The van der Waals surface area contributed by atoms with Gasteiger partial charge in [0.15, 0.2) is 11.5 Å². The van der Waals surface area contributed by atoms with Crippen LogP contribution in [0.2, 0.25) is 0 Å². The van der Waals surface area contributed by atoms with Gasteiger partial charge in [-0.3, -0.25) is 9.59 Å². The first-order chi connectivity index (χ1) is 11.6. The van der Waals surface area contributed by atoms with Gasteiger partial charge in [-0.2, -0.15) is 0 Å². The number of imide groups is 1. The first kappa shape index (κ1) is 15.5. The Morgan fingerprint density at radius 1 is 0.875 bits per heavy atom. The second kappa shape index (κ2) is 6.04. The number of hydroxylamine groups is 2. The van der Waals surface area contributed by atoms with Crippen molar-refractivity contribution in [1.82, 2.24) is 5.06 Å². The van der Waals surface area contributed by atoms with Crippen molar-refractivity contribution in [2.45, 2.75) is 0 Å². The van der Waals surface area contributed by atoms with Gasteiger partial charge in [-0.1, -0.05) is 23.3 Å². The number of fused-ring (bicyclic) bond motifs is 1. The van der Waals surface area contributed by atoms with Gasteiger partial charge in [0.1, 0.15) is 5.56 Å². The van der Waals surface area contributed by atoms with E-state index in [9.17, 15) is 14.4 Å². The number of rotatable bonds is 4. The van der Waals surface area contributed by atoms with Gasteiger partial charge >= 0.3 is 5.97 Å². The molecular weight excluding hydrogens is 314 g/mol. The molecule has 7 nitrogen and oxygen atoms in total. The van der Waals surface area contributed by atoms with E-state index in [0.717, 1.165) is 0 Å². The molecule has 2 amide bonds. The summed E-state index contributed by atoms with van der Waals surface area (Å²) < 4.78 is 10.3. The average molecular weight is 327 g/mol. The Kier molecular flexibility index (Phi) is 3.91. The lowest BCUT2D eigenvalue weighted by molar-refractivity contribution is -0.0586. The van der Waals surface area contributed by atoms with Gasteiger partial charge in [0, 0.05) is 0 Å². The van der Waals surface area contributed by atoms with Crippen LogP contribution in [0.1, 0.15) is 31.1 Å². The summed E-state index contributed by atoms with van der Waals surface area (Å²) in [5.74, 6) is -1.80. The van der Waals surface area contributed by atoms with Gasteiger partial charge < -0.3 is 14.3 Å². The van der Waals surface area contributed by atoms with Crippen LogP contribution in [0.4, 0.5) is 0 Å². The average Bonchev–Trinajstić information content (AvgIpc) is 2.86. The molecule has 0 radical (unpaired) electrons. The van der Waals surface area contributed by atoms with E-state index in [-0.39, 0.29) is 22.4 Å². The van der Waals surface area contributed by atoms with Gasteiger partial charge in [-0.15, -0.1) is 0 Å². The lowest BCUT2D eigenvalue weighted by Crippen LogP contribution is -2.32. The van der Waals surface area contributed by atoms with Crippen LogP contribution >= 0.6 is 0 Å². The number of para-hydroxylation sites is 1. The molecule has 0 spiro atoms. The molecule has 122 valence electrons. The second-order valence-corrected chi connectivity index (χ2v) is 4.87. The van der Waals surface area contributed by atoms with Crippen molar-refractivity contribution in [3.05, 3.63) is 59.2 Å². The van der Waals surface area contributed by atoms with Crippen LogP contribution in [0.3, 0.4) is 0 Å². The Labute approximate surface area is 137 Å². The molecule has 2 aromatic rings. The smallest absolute Gasteiger partial charge is 0.367 e. The number of benzene rings is 2. The minimum Gasteiger partial charge on any atom is -0.493 e. The van der Waals surface area contributed by atoms with Crippen LogP contribution in [-0.2, 0) is 4.84 Å². The maximum atomic E-state index is 12.4. The molecule has 0 unspecified atom stereocenters. The van der Waals surface area contributed by atoms with E-state index < -0.39 is 17.8 Å². The lowest BCUT2D eigenvalue weighted by atomic mass is 10.1. The van der Waals surface area contributed by atoms with Crippen molar-refractivity contribution < 1.29 is 28.7 Å².